The van der Waals surface area contributed by atoms with E-state index in [9.17, 15) is 13.2 Å². The minimum atomic E-state index is -3.48. The first-order valence-electron chi connectivity index (χ1n) is 6.23. The van der Waals surface area contributed by atoms with Crippen molar-refractivity contribution in [2.45, 2.75) is 32.1 Å². The van der Waals surface area contributed by atoms with Crippen LogP contribution in [-0.4, -0.2) is 45.9 Å². The fourth-order valence-corrected chi connectivity index (χ4v) is 3.02. The molecule has 0 heterocycles. The molecule has 0 atom stereocenters. The van der Waals surface area contributed by atoms with E-state index < -0.39 is 16.2 Å². The molecule has 1 aliphatic carbocycles. The molecular formula is C11H22N2O4S. The lowest BCUT2D eigenvalue weighted by Crippen LogP contribution is -2.41. The summed E-state index contributed by atoms with van der Waals surface area (Å²) in [4.78, 5) is 10.9. The molecule has 106 valence electrons. The van der Waals surface area contributed by atoms with E-state index >= 15 is 0 Å². The van der Waals surface area contributed by atoms with Crippen molar-refractivity contribution < 1.29 is 17.9 Å². The minimum absolute atomic E-state index is 0.0668. The largest absolute Gasteiger partial charge is 0.469 e. The molecule has 18 heavy (non-hydrogen) atoms. The molecule has 0 aromatic carbocycles. The van der Waals surface area contributed by atoms with E-state index in [-0.39, 0.29) is 13.0 Å². The van der Waals surface area contributed by atoms with Crippen molar-refractivity contribution in [3.05, 3.63) is 0 Å². The maximum absolute atomic E-state index is 11.9. The summed E-state index contributed by atoms with van der Waals surface area (Å²) in [5.41, 5.74) is 0. The van der Waals surface area contributed by atoms with Crippen molar-refractivity contribution in [3.63, 3.8) is 0 Å². The molecule has 0 bridgehead atoms. The summed E-state index contributed by atoms with van der Waals surface area (Å²) in [6.07, 6.45) is 4.62. The van der Waals surface area contributed by atoms with Crippen molar-refractivity contribution in [3.8, 4) is 0 Å². The predicted molar refractivity (Wildman–Crippen MR) is 68.1 cm³/mol. The molecule has 0 spiro atoms. The number of rotatable bonds is 7. The van der Waals surface area contributed by atoms with Gasteiger partial charge in [-0.05, 0) is 18.8 Å². The third-order valence-electron chi connectivity index (χ3n) is 3.30. The average Bonchev–Trinajstić information content (AvgIpc) is 2.86. The van der Waals surface area contributed by atoms with Gasteiger partial charge in [0, 0.05) is 20.1 Å². The number of methoxy groups -OCH3 is 1. The van der Waals surface area contributed by atoms with Gasteiger partial charge in [-0.2, -0.15) is 12.7 Å². The minimum Gasteiger partial charge on any atom is -0.469 e. The summed E-state index contributed by atoms with van der Waals surface area (Å²) < 4.78 is 31.9. The Kier molecular flexibility index (Phi) is 6.04. The maximum Gasteiger partial charge on any atom is 0.306 e. The maximum atomic E-state index is 11.9. The zero-order chi connectivity index (χ0) is 13.6. The van der Waals surface area contributed by atoms with Crippen LogP contribution in [0, 0.1) is 5.92 Å². The van der Waals surface area contributed by atoms with Crippen LogP contribution < -0.4 is 4.72 Å². The van der Waals surface area contributed by atoms with E-state index in [0.29, 0.717) is 12.5 Å². The standard InChI is InChI=1S/C11H22N2O4S/c1-13(8-7-11(14)17-2)18(15,16)12-9-10-5-3-4-6-10/h10,12H,3-9H2,1-2H3. The molecule has 0 saturated heterocycles. The third kappa shape index (κ3) is 4.91. The van der Waals surface area contributed by atoms with Crippen molar-refractivity contribution in [2.24, 2.45) is 5.92 Å². The van der Waals surface area contributed by atoms with Crippen LogP contribution in [0.5, 0.6) is 0 Å². The van der Waals surface area contributed by atoms with Crippen molar-refractivity contribution in [2.75, 3.05) is 27.2 Å². The lowest BCUT2D eigenvalue weighted by atomic mass is 10.1. The number of carbonyl (C=O) groups excluding carboxylic acids is 1. The zero-order valence-electron chi connectivity index (χ0n) is 11.0. The first kappa shape index (κ1) is 15.4. The predicted octanol–water partition coefficient (Wildman–Crippen LogP) is 0.506. The molecule has 0 aromatic rings. The Morgan fingerprint density at radius 1 is 1.39 bits per heavy atom. The third-order valence-corrected chi connectivity index (χ3v) is 4.83. The monoisotopic (exact) mass is 278 g/mol. The van der Waals surface area contributed by atoms with Gasteiger partial charge in [-0.1, -0.05) is 12.8 Å². The summed E-state index contributed by atoms with van der Waals surface area (Å²) >= 11 is 0. The van der Waals surface area contributed by atoms with Crippen molar-refractivity contribution in [1.82, 2.24) is 9.03 Å². The van der Waals surface area contributed by atoms with Gasteiger partial charge < -0.3 is 4.74 Å². The topological polar surface area (TPSA) is 75.7 Å². The second-order valence-corrected chi connectivity index (χ2v) is 6.51. The van der Waals surface area contributed by atoms with Gasteiger partial charge in [0.15, 0.2) is 0 Å². The molecule has 7 heteroatoms. The smallest absolute Gasteiger partial charge is 0.306 e. The second kappa shape index (κ2) is 7.06. The van der Waals surface area contributed by atoms with Crippen LogP contribution in [-0.2, 0) is 19.7 Å². The summed E-state index contributed by atoms with van der Waals surface area (Å²) in [5.74, 6) is 0.0432. The molecule has 1 rings (SSSR count). The van der Waals surface area contributed by atoms with E-state index in [1.54, 1.807) is 0 Å². The molecular weight excluding hydrogens is 256 g/mol. The summed E-state index contributed by atoms with van der Waals surface area (Å²) in [6, 6.07) is 0. The van der Waals surface area contributed by atoms with Crippen LogP contribution in [0.3, 0.4) is 0 Å². The lowest BCUT2D eigenvalue weighted by Gasteiger charge is -2.18. The summed E-state index contributed by atoms with van der Waals surface area (Å²) in [5, 5.41) is 0. The second-order valence-electron chi connectivity index (χ2n) is 4.65. The van der Waals surface area contributed by atoms with Crippen LogP contribution in [0.2, 0.25) is 0 Å². The van der Waals surface area contributed by atoms with Gasteiger partial charge in [0.1, 0.15) is 0 Å². The average molecular weight is 278 g/mol. The Morgan fingerprint density at radius 2 is 2.00 bits per heavy atom. The fourth-order valence-electron chi connectivity index (χ4n) is 2.02. The number of nitrogens with zero attached hydrogens (tertiary/aromatic N) is 1. The Hall–Kier alpha value is -0.660. The number of carbonyl (C=O) groups is 1. The Bertz CT molecular complexity index is 363. The highest BCUT2D eigenvalue weighted by atomic mass is 32.2. The van der Waals surface area contributed by atoms with Crippen LogP contribution in [0.25, 0.3) is 0 Å². The van der Waals surface area contributed by atoms with Gasteiger partial charge in [0.25, 0.3) is 10.2 Å². The first-order valence-corrected chi connectivity index (χ1v) is 7.67. The Labute approximate surface area is 109 Å². The molecule has 0 aromatic heterocycles. The molecule has 0 unspecified atom stereocenters. The molecule has 1 fully saturated rings. The molecule has 1 N–H and O–H groups in total. The normalized spacial score (nSPS) is 17.3. The highest BCUT2D eigenvalue weighted by Crippen LogP contribution is 2.23. The van der Waals surface area contributed by atoms with Crippen LogP contribution in [0.15, 0.2) is 0 Å². The van der Waals surface area contributed by atoms with E-state index in [0.717, 1.165) is 17.1 Å². The molecule has 1 saturated carbocycles. The number of hydrogen-bond acceptors (Lipinski definition) is 4. The van der Waals surface area contributed by atoms with Crippen molar-refractivity contribution in [1.29, 1.82) is 0 Å². The number of hydrogen-bond donors (Lipinski definition) is 1. The SMILES string of the molecule is COC(=O)CCN(C)S(=O)(=O)NCC1CCCC1. The van der Waals surface area contributed by atoms with Crippen LogP contribution in [0.4, 0.5) is 0 Å². The van der Waals surface area contributed by atoms with Crippen molar-refractivity contribution >= 4 is 16.2 Å². The molecule has 1 aliphatic rings. The highest BCUT2D eigenvalue weighted by Gasteiger charge is 2.21. The van der Waals surface area contributed by atoms with Gasteiger partial charge in [-0.25, -0.2) is 4.72 Å². The van der Waals surface area contributed by atoms with Gasteiger partial charge in [-0.15, -0.1) is 0 Å². The highest BCUT2D eigenvalue weighted by molar-refractivity contribution is 7.87. The van der Waals surface area contributed by atoms with Gasteiger partial charge >= 0.3 is 5.97 Å². The molecule has 0 amide bonds. The van der Waals surface area contributed by atoms with E-state index in [4.69, 9.17) is 0 Å². The lowest BCUT2D eigenvalue weighted by molar-refractivity contribution is -0.140. The van der Waals surface area contributed by atoms with Crippen LogP contribution in [0.1, 0.15) is 32.1 Å². The number of ether oxygens (including phenoxy) is 1. The van der Waals surface area contributed by atoms with Gasteiger partial charge in [0.2, 0.25) is 0 Å². The molecule has 0 radical (unpaired) electrons. The Balaban J connectivity index is 2.34. The Morgan fingerprint density at radius 3 is 2.56 bits per heavy atom. The van der Waals surface area contributed by atoms with Crippen LogP contribution >= 0.6 is 0 Å². The fraction of sp³-hybridized carbons (Fsp3) is 0.909. The van der Waals surface area contributed by atoms with E-state index in [1.165, 1.54) is 27.0 Å². The number of esters is 1. The van der Waals surface area contributed by atoms with Gasteiger partial charge in [0.05, 0.1) is 13.5 Å². The quantitative estimate of drug-likeness (QED) is 0.688. The first-order chi connectivity index (χ1) is 8.45. The summed E-state index contributed by atoms with van der Waals surface area (Å²) in [7, 11) is -0.731. The number of nitrogens with one attached hydrogen (secondary N) is 1. The zero-order valence-corrected chi connectivity index (χ0v) is 11.8. The molecule has 0 aliphatic heterocycles. The van der Waals surface area contributed by atoms with E-state index in [2.05, 4.69) is 9.46 Å². The van der Waals surface area contributed by atoms with Gasteiger partial charge in [-0.3, -0.25) is 4.79 Å². The molecule has 6 nitrogen and oxygen atoms in total. The van der Waals surface area contributed by atoms with E-state index in [1.807, 2.05) is 0 Å². The summed E-state index contributed by atoms with van der Waals surface area (Å²) in [6.45, 7) is 0.623.